The smallest absolute Gasteiger partial charge is 0.171 e. The van der Waals surface area contributed by atoms with E-state index >= 15 is 0 Å². The number of aliphatic hydroxyl groups is 1. The fourth-order valence-electron chi connectivity index (χ4n) is 10.3. The predicted molar refractivity (Wildman–Crippen MR) is 118 cm³/mol. The van der Waals surface area contributed by atoms with Crippen LogP contribution in [0.3, 0.4) is 0 Å². The highest BCUT2D eigenvalue weighted by atomic mass is 16.7. The Morgan fingerprint density at radius 2 is 1.63 bits per heavy atom. The molecule has 2 heterocycles. The van der Waals surface area contributed by atoms with Crippen molar-refractivity contribution in [2.24, 2.45) is 52.3 Å². The first kappa shape index (κ1) is 20.5. The quantitative estimate of drug-likeness (QED) is 0.543. The van der Waals surface area contributed by atoms with Gasteiger partial charge in [-0.15, -0.1) is 0 Å². The minimum atomic E-state index is -0.282. The summed E-state index contributed by atoms with van der Waals surface area (Å²) in [6.45, 7) is 10.9. The molecule has 12 atom stereocenters. The third kappa shape index (κ3) is 2.61. The largest absolute Gasteiger partial charge is 0.393 e. The van der Waals surface area contributed by atoms with Gasteiger partial charge in [0.15, 0.2) is 5.79 Å². The van der Waals surface area contributed by atoms with E-state index in [-0.39, 0.29) is 11.9 Å². The summed E-state index contributed by atoms with van der Waals surface area (Å²) in [6, 6.07) is 0. The second-order valence-electron chi connectivity index (χ2n) is 13.1. The molecule has 6 rings (SSSR count). The molecule has 0 amide bonds. The van der Waals surface area contributed by atoms with E-state index in [1.54, 1.807) is 0 Å². The summed E-state index contributed by atoms with van der Waals surface area (Å²) < 4.78 is 13.4. The summed E-state index contributed by atoms with van der Waals surface area (Å²) in [6.07, 6.45) is 12.9. The van der Waals surface area contributed by atoms with Crippen LogP contribution in [0.5, 0.6) is 0 Å². The number of hydrogen-bond donors (Lipinski definition) is 1. The molecule has 0 aromatic carbocycles. The van der Waals surface area contributed by atoms with E-state index in [0.29, 0.717) is 34.7 Å². The Morgan fingerprint density at radius 1 is 0.833 bits per heavy atom. The van der Waals surface area contributed by atoms with Crippen molar-refractivity contribution < 1.29 is 14.6 Å². The molecule has 30 heavy (non-hydrogen) atoms. The Kier molecular flexibility index (Phi) is 4.58. The number of hydrogen-bond acceptors (Lipinski definition) is 3. The maximum atomic E-state index is 10.3. The average Bonchev–Trinajstić information content (AvgIpc) is 3.16. The highest BCUT2D eigenvalue weighted by molar-refractivity contribution is 5.15. The van der Waals surface area contributed by atoms with Crippen molar-refractivity contribution in [3.05, 3.63) is 0 Å². The summed E-state index contributed by atoms with van der Waals surface area (Å²) in [7, 11) is 0. The van der Waals surface area contributed by atoms with Crippen LogP contribution in [-0.2, 0) is 9.47 Å². The lowest BCUT2D eigenvalue weighted by Crippen LogP contribution is -2.55. The van der Waals surface area contributed by atoms with Crippen molar-refractivity contribution >= 4 is 0 Å². The third-order valence-corrected chi connectivity index (χ3v) is 11.9. The number of ether oxygens (including phenoxy) is 2. The molecule has 2 aliphatic heterocycles. The molecule has 1 spiro atoms. The van der Waals surface area contributed by atoms with Gasteiger partial charge in [-0.2, -0.15) is 0 Å². The summed E-state index contributed by atoms with van der Waals surface area (Å²) in [5.74, 6) is 4.93. The third-order valence-electron chi connectivity index (χ3n) is 11.9. The Bertz CT molecular complexity index is 684. The van der Waals surface area contributed by atoms with E-state index in [9.17, 15) is 5.11 Å². The van der Waals surface area contributed by atoms with Gasteiger partial charge in [0.05, 0.1) is 18.8 Å². The van der Waals surface area contributed by atoms with Crippen LogP contribution in [0.4, 0.5) is 0 Å². The number of aliphatic hydroxyl groups excluding tert-OH is 1. The van der Waals surface area contributed by atoms with Crippen LogP contribution in [0, 0.1) is 52.3 Å². The predicted octanol–water partition coefficient (Wildman–Crippen LogP) is 5.79. The first-order valence-corrected chi connectivity index (χ1v) is 13.3. The maximum absolute atomic E-state index is 10.3. The first-order chi connectivity index (χ1) is 14.3. The normalized spacial score (nSPS) is 62.5. The van der Waals surface area contributed by atoms with Gasteiger partial charge in [-0.1, -0.05) is 27.7 Å². The summed E-state index contributed by atoms with van der Waals surface area (Å²) in [5, 5.41) is 10.3. The molecule has 1 N–H and O–H groups in total. The van der Waals surface area contributed by atoms with Crippen LogP contribution < -0.4 is 0 Å². The molecule has 170 valence electrons. The molecule has 6 aliphatic rings. The minimum absolute atomic E-state index is 0.0389. The van der Waals surface area contributed by atoms with E-state index < -0.39 is 0 Å². The van der Waals surface area contributed by atoms with E-state index in [0.717, 1.165) is 49.5 Å². The molecule has 3 nitrogen and oxygen atoms in total. The molecular formula is C27H44O3. The lowest BCUT2D eigenvalue weighted by atomic mass is 9.44. The van der Waals surface area contributed by atoms with Crippen molar-refractivity contribution in [3.63, 3.8) is 0 Å². The monoisotopic (exact) mass is 416 g/mol. The second-order valence-corrected chi connectivity index (χ2v) is 13.1. The van der Waals surface area contributed by atoms with Crippen LogP contribution in [0.25, 0.3) is 0 Å². The van der Waals surface area contributed by atoms with Gasteiger partial charge in [-0.3, -0.25) is 0 Å². The molecule has 4 aliphatic carbocycles. The molecule has 0 bridgehead atoms. The van der Waals surface area contributed by atoms with Gasteiger partial charge in [-0.25, -0.2) is 0 Å². The molecule has 1 unspecified atom stereocenters. The Morgan fingerprint density at radius 3 is 2.40 bits per heavy atom. The summed E-state index contributed by atoms with van der Waals surface area (Å²) in [5.41, 5.74) is 0.899. The molecule has 0 aromatic heterocycles. The summed E-state index contributed by atoms with van der Waals surface area (Å²) >= 11 is 0. The van der Waals surface area contributed by atoms with Crippen LogP contribution in [-0.4, -0.2) is 29.7 Å². The fraction of sp³-hybridized carbons (Fsp3) is 1.00. The fourth-order valence-corrected chi connectivity index (χ4v) is 10.3. The lowest BCUT2D eigenvalue weighted by Gasteiger charge is -2.61. The Labute approximate surface area is 183 Å². The SMILES string of the molecule is C[C@H]1CCC2(OC1)O[C@H]1C[C@H]3[C@@H]4CC[C@@H]5C[C@@H](O)CC[C@]5(C)[C@H]4CC[C@]3(C)[C@H]1[C@@H]2C. The molecule has 0 radical (unpaired) electrons. The van der Waals surface area contributed by atoms with Gasteiger partial charge in [-0.05, 0) is 104 Å². The maximum Gasteiger partial charge on any atom is 0.171 e. The van der Waals surface area contributed by atoms with Crippen molar-refractivity contribution in [3.8, 4) is 0 Å². The zero-order chi connectivity index (χ0) is 20.9. The Hall–Kier alpha value is -0.120. The van der Waals surface area contributed by atoms with Crippen molar-refractivity contribution in [1.29, 1.82) is 0 Å². The Balaban J connectivity index is 1.26. The minimum Gasteiger partial charge on any atom is -0.393 e. The zero-order valence-corrected chi connectivity index (χ0v) is 19.7. The van der Waals surface area contributed by atoms with Gasteiger partial charge >= 0.3 is 0 Å². The van der Waals surface area contributed by atoms with Crippen molar-refractivity contribution in [2.45, 2.75) is 110 Å². The molecule has 6 fully saturated rings. The zero-order valence-electron chi connectivity index (χ0n) is 19.7. The number of rotatable bonds is 0. The van der Waals surface area contributed by atoms with E-state index in [1.807, 2.05) is 0 Å². The number of fused-ring (bicyclic) bond motifs is 7. The molecular weight excluding hydrogens is 372 g/mol. The second kappa shape index (κ2) is 6.70. The molecule has 4 saturated carbocycles. The topological polar surface area (TPSA) is 38.7 Å². The van der Waals surface area contributed by atoms with Crippen LogP contribution in [0.1, 0.15) is 91.9 Å². The highest BCUT2D eigenvalue weighted by Gasteiger charge is 2.69. The molecule has 0 aromatic rings. The van der Waals surface area contributed by atoms with Crippen LogP contribution >= 0.6 is 0 Å². The molecule has 2 saturated heterocycles. The molecule has 3 heteroatoms. The van der Waals surface area contributed by atoms with Gasteiger partial charge in [0, 0.05) is 12.3 Å². The van der Waals surface area contributed by atoms with E-state index in [2.05, 4.69) is 27.7 Å². The lowest BCUT2D eigenvalue weighted by molar-refractivity contribution is -0.273. The van der Waals surface area contributed by atoms with Gasteiger partial charge in [0.25, 0.3) is 0 Å². The van der Waals surface area contributed by atoms with E-state index in [4.69, 9.17) is 9.47 Å². The average molecular weight is 417 g/mol. The van der Waals surface area contributed by atoms with Crippen molar-refractivity contribution in [1.82, 2.24) is 0 Å². The summed E-state index contributed by atoms with van der Waals surface area (Å²) in [4.78, 5) is 0. The van der Waals surface area contributed by atoms with Gasteiger partial charge in [0.2, 0.25) is 0 Å². The van der Waals surface area contributed by atoms with Crippen LogP contribution in [0.2, 0.25) is 0 Å². The van der Waals surface area contributed by atoms with Crippen molar-refractivity contribution in [2.75, 3.05) is 6.61 Å². The van der Waals surface area contributed by atoms with Crippen LogP contribution in [0.15, 0.2) is 0 Å². The standard InChI is InChI=1S/C27H44O3/c1-16-7-12-27(29-15-16)17(2)24-23(30-27)14-22-20-6-5-18-13-19(28)8-10-25(18,3)21(20)9-11-26(22,24)4/h16-24,28H,5-15H2,1-4H3/t16-,17-,18+,19-,20+,21-,22-,23-,24-,25-,26-,27?/m0/s1. The van der Waals surface area contributed by atoms with Gasteiger partial charge in [0.1, 0.15) is 0 Å². The first-order valence-electron chi connectivity index (χ1n) is 13.3. The van der Waals surface area contributed by atoms with Gasteiger partial charge < -0.3 is 14.6 Å². The van der Waals surface area contributed by atoms with E-state index in [1.165, 1.54) is 44.9 Å². The highest BCUT2D eigenvalue weighted by Crippen LogP contribution is 2.71.